The van der Waals surface area contributed by atoms with Gasteiger partial charge in [0.1, 0.15) is 12.6 Å². The molecule has 0 bridgehead atoms. The van der Waals surface area contributed by atoms with Gasteiger partial charge in [-0.05, 0) is 5.53 Å². The highest BCUT2D eigenvalue weighted by Crippen LogP contribution is 2.33. The van der Waals surface area contributed by atoms with Crippen molar-refractivity contribution in [1.29, 1.82) is 0 Å². The van der Waals surface area contributed by atoms with Crippen LogP contribution in [0.5, 0.6) is 5.88 Å². The molecular weight excluding hydrogens is 278 g/mol. The summed E-state index contributed by atoms with van der Waals surface area (Å²) in [6, 6.07) is -0.425. The van der Waals surface area contributed by atoms with Crippen molar-refractivity contribution in [1.82, 2.24) is 19.5 Å². The van der Waals surface area contributed by atoms with Crippen LogP contribution in [0, 0.1) is 0 Å². The molecule has 1 N–H and O–H groups in total. The standard InChI is InChI=1S/C11H13N7O3/c1-20-11-9-10(13-4-14-11)18(5-15-9)8-2-6(16-17-12)7(3-19)21-8/h4-8,19H,2-3H2,1H3/t6-,7+,8+/m1/s1. The first-order valence-electron chi connectivity index (χ1n) is 6.30. The Labute approximate surface area is 119 Å². The molecule has 0 aliphatic carbocycles. The van der Waals surface area contributed by atoms with Crippen LogP contribution in [0.1, 0.15) is 12.6 Å². The maximum Gasteiger partial charge on any atom is 0.245 e. The molecule has 3 rings (SSSR count). The van der Waals surface area contributed by atoms with Gasteiger partial charge in [-0.15, -0.1) is 0 Å². The molecule has 10 nitrogen and oxygen atoms in total. The summed E-state index contributed by atoms with van der Waals surface area (Å²) in [5.74, 6) is 0.377. The minimum absolute atomic E-state index is 0.217. The van der Waals surface area contributed by atoms with Crippen LogP contribution in [0.3, 0.4) is 0 Å². The SMILES string of the molecule is COc1ncnc2c1ncn2[C@@H]1C[C@@H](N=[N+]=[N-])[C@H](CO)O1. The number of aliphatic hydroxyl groups excluding tert-OH is 1. The Balaban J connectivity index is 1.96. The Morgan fingerprint density at radius 1 is 1.57 bits per heavy atom. The van der Waals surface area contributed by atoms with Gasteiger partial charge >= 0.3 is 0 Å². The van der Waals surface area contributed by atoms with E-state index in [1.165, 1.54) is 13.4 Å². The van der Waals surface area contributed by atoms with E-state index in [9.17, 15) is 5.11 Å². The van der Waals surface area contributed by atoms with E-state index in [0.29, 0.717) is 23.5 Å². The first-order chi connectivity index (χ1) is 10.3. The van der Waals surface area contributed by atoms with Gasteiger partial charge in [0.25, 0.3) is 0 Å². The predicted octanol–water partition coefficient (Wildman–Crippen LogP) is 0.794. The summed E-state index contributed by atoms with van der Waals surface area (Å²) < 4.78 is 12.6. The zero-order valence-electron chi connectivity index (χ0n) is 11.2. The van der Waals surface area contributed by atoms with Crippen LogP contribution in [-0.4, -0.2) is 50.5 Å². The number of imidazole rings is 1. The first-order valence-corrected chi connectivity index (χ1v) is 6.30. The van der Waals surface area contributed by atoms with Crippen molar-refractivity contribution < 1.29 is 14.6 Å². The number of azide groups is 1. The highest BCUT2D eigenvalue weighted by atomic mass is 16.5. The average molecular weight is 291 g/mol. The number of aromatic nitrogens is 4. The zero-order valence-corrected chi connectivity index (χ0v) is 11.2. The van der Waals surface area contributed by atoms with Crippen LogP contribution in [0.2, 0.25) is 0 Å². The molecule has 1 saturated heterocycles. The Bertz CT molecular complexity index is 696. The number of ether oxygens (including phenoxy) is 2. The van der Waals surface area contributed by atoms with Gasteiger partial charge in [-0.2, -0.15) is 4.98 Å². The van der Waals surface area contributed by atoms with Crippen LogP contribution in [-0.2, 0) is 4.74 Å². The van der Waals surface area contributed by atoms with E-state index in [2.05, 4.69) is 25.0 Å². The molecule has 0 spiro atoms. The van der Waals surface area contributed by atoms with Crippen molar-refractivity contribution in [3.05, 3.63) is 23.1 Å². The third-order valence-electron chi connectivity index (χ3n) is 3.41. The second-order valence-corrected chi connectivity index (χ2v) is 4.53. The minimum atomic E-state index is -0.535. The number of hydrogen-bond acceptors (Lipinski definition) is 7. The van der Waals surface area contributed by atoms with Crippen LogP contribution < -0.4 is 4.74 Å². The highest BCUT2D eigenvalue weighted by molar-refractivity contribution is 5.75. The van der Waals surface area contributed by atoms with Crippen LogP contribution in [0.25, 0.3) is 21.6 Å². The summed E-state index contributed by atoms with van der Waals surface area (Å²) in [7, 11) is 1.51. The number of nitrogens with zero attached hydrogens (tertiary/aromatic N) is 7. The Morgan fingerprint density at radius 3 is 3.14 bits per heavy atom. The van der Waals surface area contributed by atoms with Crippen LogP contribution in [0.15, 0.2) is 17.8 Å². The molecule has 0 aromatic carbocycles. The molecule has 21 heavy (non-hydrogen) atoms. The van der Waals surface area contributed by atoms with Crippen LogP contribution >= 0.6 is 0 Å². The van der Waals surface area contributed by atoms with Crippen molar-refractivity contribution in [2.45, 2.75) is 24.8 Å². The van der Waals surface area contributed by atoms with Gasteiger partial charge in [-0.3, -0.25) is 4.57 Å². The van der Waals surface area contributed by atoms with Gasteiger partial charge in [0.15, 0.2) is 11.2 Å². The third-order valence-corrected chi connectivity index (χ3v) is 3.41. The van der Waals surface area contributed by atoms with Crippen molar-refractivity contribution in [3.8, 4) is 5.88 Å². The van der Waals surface area contributed by atoms with Gasteiger partial charge in [0, 0.05) is 11.3 Å². The maximum atomic E-state index is 9.30. The first kappa shape index (κ1) is 13.6. The molecule has 10 heteroatoms. The van der Waals surface area contributed by atoms with E-state index in [0.717, 1.165) is 0 Å². The van der Waals surface area contributed by atoms with E-state index in [1.807, 2.05) is 0 Å². The molecule has 3 heterocycles. The van der Waals surface area contributed by atoms with Crippen molar-refractivity contribution >= 4 is 11.2 Å². The fraction of sp³-hybridized carbons (Fsp3) is 0.545. The number of fused-ring (bicyclic) bond motifs is 1. The van der Waals surface area contributed by atoms with Crippen molar-refractivity contribution in [2.75, 3.05) is 13.7 Å². The quantitative estimate of drug-likeness (QED) is 0.503. The number of aliphatic hydroxyl groups is 1. The minimum Gasteiger partial charge on any atom is -0.479 e. The molecule has 1 aliphatic rings. The smallest absolute Gasteiger partial charge is 0.245 e. The van der Waals surface area contributed by atoms with E-state index >= 15 is 0 Å². The molecule has 110 valence electrons. The zero-order chi connectivity index (χ0) is 14.8. The van der Waals surface area contributed by atoms with E-state index < -0.39 is 18.4 Å². The summed E-state index contributed by atoms with van der Waals surface area (Å²) in [6.45, 7) is -0.217. The van der Waals surface area contributed by atoms with E-state index in [-0.39, 0.29) is 6.61 Å². The topological polar surface area (TPSA) is 131 Å². The fourth-order valence-electron chi connectivity index (χ4n) is 2.43. The largest absolute Gasteiger partial charge is 0.479 e. The highest BCUT2D eigenvalue weighted by Gasteiger charge is 2.36. The Morgan fingerprint density at radius 2 is 2.43 bits per heavy atom. The summed E-state index contributed by atoms with van der Waals surface area (Å²) >= 11 is 0. The summed E-state index contributed by atoms with van der Waals surface area (Å²) in [5.41, 5.74) is 9.65. The normalized spacial score (nSPS) is 25.0. The molecule has 1 aliphatic heterocycles. The monoisotopic (exact) mass is 291 g/mol. The van der Waals surface area contributed by atoms with E-state index in [4.69, 9.17) is 15.0 Å². The van der Waals surface area contributed by atoms with Gasteiger partial charge in [0.2, 0.25) is 5.88 Å². The predicted molar refractivity (Wildman–Crippen MR) is 70.4 cm³/mol. The maximum absolute atomic E-state index is 9.30. The summed E-state index contributed by atoms with van der Waals surface area (Å²) in [4.78, 5) is 15.2. The lowest BCUT2D eigenvalue weighted by Gasteiger charge is -2.13. The van der Waals surface area contributed by atoms with Crippen molar-refractivity contribution in [2.24, 2.45) is 5.11 Å². The summed E-state index contributed by atoms with van der Waals surface area (Å²) in [6.07, 6.45) is 2.43. The Hall–Kier alpha value is -2.42. The van der Waals surface area contributed by atoms with Crippen molar-refractivity contribution in [3.63, 3.8) is 0 Å². The van der Waals surface area contributed by atoms with E-state index in [1.54, 1.807) is 10.9 Å². The second kappa shape index (κ2) is 5.52. The molecule has 0 amide bonds. The van der Waals surface area contributed by atoms with Gasteiger partial charge in [-0.25, -0.2) is 9.97 Å². The molecule has 2 aromatic heterocycles. The fourth-order valence-corrected chi connectivity index (χ4v) is 2.43. The molecule has 0 saturated carbocycles. The molecular formula is C11H13N7O3. The number of methoxy groups -OCH3 is 1. The molecule has 0 radical (unpaired) electrons. The number of rotatable bonds is 4. The van der Waals surface area contributed by atoms with Gasteiger partial charge < -0.3 is 14.6 Å². The molecule has 3 atom stereocenters. The molecule has 0 unspecified atom stereocenters. The Kier molecular flexibility index (Phi) is 3.57. The van der Waals surface area contributed by atoms with Gasteiger partial charge in [-0.1, -0.05) is 5.11 Å². The molecule has 2 aromatic rings. The molecule has 1 fully saturated rings. The lowest BCUT2D eigenvalue weighted by atomic mass is 10.1. The second-order valence-electron chi connectivity index (χ2n) is 4.53. The third kappa shape index (κ3) is 2.25. The lowest BCUT2D eigenvalue weighted by molar-refractivity contribution is -0.0233. The van der Waals surface area contributed by atoms with Gasteiger partial charge in [0.05, 0.1) is 32.2 Å². The summed E-state index contributed by atoms with van der Waals surface area (Å²) in [5, 5.41) is 12.9. The lowest BCUT2D eigenvalue weighted by Crippen LogP contribution is -2.22. The average Bonchev–Trinajstić information content (AvgIpc) is 3.10. The number of hydrogen-bond donors (Lipinski definition) is 1. The van der Waals surface area contributed by atoms with Crippen LogP contribution in [0.4, 0.5) is 0 Å².